The number of aromatic nitrogens is 1. The monoisotopic (exact) mass is 368 g/mol. The van der Waals surface area contributed by atoms with E-state index in [-0.39, 0.29) is 5.91 Å². The lowest BCUT2D eigenvalue weighted by Gasteiger charge is -2.09. The van der Waals surface area contributed by atoms with E-state index in [0.29, 0.717) is 5.56 Å². The Kier molecular flexibility index (Phi) is 4.14. The quantitative estimate of drug-likeness (QED) is 0.863. The predicted molar refractivity (Wildman–Crippen MR) is 78.8 cm³/mol. The van der Waals surface area contributed by atoms with Crippen LogP contribution in [-0.4, -0.2) is 10.9 Å². The van der Waals surface area contributed by atoms with E-state index >= 15 is 0 Å². The maximum absolute atomic E-state index is 12.2. The molecule has 0 spiro atoms. The molecule has 0 aliphatic heterocycles. The molecule has 1 aromatic heterocycles. The average molecular weight is 370 g/mol. The minimum absolute atomic E-state index is 0.155. The highest BCUT2D eigenvalue weighted by atomic mass is 79.9. The van der Waals surface area contributed by atoms with E-state index in [1.807, 2.05) is 19.1 Å². The zero-order valence-corrected chi connectivity index (χ0v) is 12.7. The van der Waals surface area contributed by atoms with Gasteiger partial charge in [0.05, 0.1) is 5.56 Å². The van der Waals surface area contributed by atoms with Crippen LogP contribution in [0.15, 0.2) is 45.6 Å². The number of rotatable bonds is 2. The van der Waals surface area contributed by atoms with Crippen LogP contribution in [-0.2, 0) is 0 Å². The second-order valence-corrected chi connectivity index (χ2v) is 5.54. The van der Waals surface area contributed by atoms with E-state index in [2.05, 4.69) is 42.2 Å². The topological polar surface area (TPSA) is 42.0 Å². The first-order valence-corrected chi connectivity index (χ1v) is 6.83. The first kappa shape index (κ1) is 13.2. The summed E-state index contributed by atoms with van der Waals surface area (Å²) >= 11 is 6.72. The lowest BCUT2D eigenvalue weighted by molar-refractivity contribution is 0.102. The first-order chi connectivity index (χ1) is 8.58. The third-order valence-electron chi connectivity index (χ3n) is 2.44. The third-order valence-corrected chi connectivity index (χ3v) is 3.63. The van der Waals surface area contributed by atoms with Crippen molar-refractivity contribution in [1.29, 1.82) is 0 Å². The second kappa shape index (κ2) is 5.63. The Bertz CT molecular complexity index is 599. The van der Waals surface area contributed by atoms with Gasteiger partial charge in [0, 0.05) is 27.0 Å². The van der Waals surface area contributed by atoms with Crippen molar-refractivity contribution in [3.63, 3.8) is 0 Å². The lowest BCUT2D eigenvalue weighted by Crippen LogP contribution is -2.13. The maximum Gasteiger partial charge on any atom is 0.256 e. The van der Waals surface area contributed by atoms with E-state index in [0.717, 1.165) is 20.2 Å². The van der Waals surface area contributed by atoms with Crippen molar-refractivity contribution in [3.05, 3.63) is 56.7 Å². The van der Waals surface area contributed by atoms with Crippen molar-refractivity contribution in [2.45, 2.75) is 6.92 Å². The number of pyridine rings is 1. The van der Waals surface area contributed by atoms with Gasteiger partial charge >= 0.3 is 0 Å². The molecule has 0 bridgehead atoms. The van der Waals surface area contributed by atoms with Crippen LogP contribution in [0.1, 0.15) is 15.9 Å². The number of hydrogen-bond acceptors (Lipinski definition) is 2. The largest absolute Gasteiger partial charge is 0.322 e. The minimum atomic E-state index is -0.155. The summed E-state index contributed by atoms with van der Waals surface area (Å²) in [4.78, 5) is 16.1. The zero-order chi connectivity index (χ0) is 13.1. The molecule has 18 heavy (non-hydrogen) atoms. The fourth-order valence-corrected chi connectivity index (χ4v) is 2.26. The molecule has 2 aromatic rings. The Labute approximate surface area is 122 Å². The van der Waals surface area contributed by atoms with E-state index < -0.39 is 0 Å². The third kappa shape index (κ3) is 2.97. The smallest absolute Gasteiger partial charge is 0.256 e. The molecule has 0 aliphatic carbocycles. The molecule has 0 radical (unpaired) electrons. The summed E-state index contributed by atoms with van der Waals surface area (Å²) in [5.74, 6) is -0.155. The number of anilines is 1. The molecule has 0 atom stereocenters. The molecule has 92 valence electrons. The van der Waals surface area contributed by atoms with Crippen LogP contribution < -0.4 is 5.32 Å². The van der Waals surface area contributed by atoms with Gasteiger partial charge in [0.2, 0.25) is 0 Å². The predicted octanol–water partition coefficient (Wildman–Crippen LogP) is 4.17. The number of halogens is 2. The Morgan fingerprint density at radius 3 is 2.78 bits per heavy atom. The number of carbonyl (C=O) groups is 1. The summed E-state index contributed by atoms with van der Waals surface area (Å²) < 4.78 is 1.62. The molecule has 0 unspecified atom stereocenters. The van der Waals surface area contributed by atoms with Gasteiger partial charge < -0.3 is 5.32 Å². The number of aryl methyl sites for hydroxylation is 1. The zero-order valence-electron chi connectivity index (χ0n) is 9.58. The van der Waals surface area contributed by atoms with E-state index in [1.54, 1.807) is 24.5 Å². The highest BCUT2D eigenvalue weighted by molar-refractivity contribution is 9.11. The van der Waals surface area contributed by atoms with Crippen LogP contribution in [0.4, 0.5) is 5.69 Å². The van der Waals surface area contributed by atoms with Crippen LogP contribution in [0.5, 0.6) is 0 Å². The standard InChI is InChI=1S/C13H10Br2N2O/c1-8-7-16-5-4-12(8)17-13(18)10-6-9(14)2-3-11(10)15/h2-7H,1H3,(H,16,17,18). The molecular formula is C13H10Br2N2O. The molecular weight excluding hydrogens is 360 g/mol. The van der Waals surface area contributed by atoms with Crippen LogP contribution in [0.25, 0.3) is 0 Å². The molecule has 0 fully saturated rings. The van der Waals surface area contributed by atoms with Crippen molar-refractivity contribution in [2.75, 3.05) is 5.32 Å². The van der Waals surface area contributed by atoms with Gasteiger partial charge in [-0.15, -0.1) is 0 Å². The highest BCUT2D eigenvalue weighted by Gasteiger charge is 2.11. The average Bonchev–Trinajstić information content (AvgIpc) is 2.35. The Balaban J connectivity index is 2.28. The van der Waals surface area contributed by atoms with Gasteiger partial charge in [0.15, 0.2) is 0 Å². The van der Waals surface area contributed by atoms with E-state index in [9.17, 15) is 4.79 Å². The summed E-state index contributed by atoms with van der Waals surface area (Å²) in [6.07, 6.45) is 3.37. The number of nitrogens with one attached hydrogen (secondary N) is 1. The molecule has 0 saturated heterocycles. The number of hydrogen-bond donors (Lipinski definition) is 1. The summed E-state index contributed by atoms with van der Waals surface area (Å²) in [6, 6.07) is 7.26. The molecule has 1 amide bonds. The normalized spacial score (nSPS) is 10.2. The van der Waals surface area contributed by atoms with Gasteiger partial charge in [0.25, 0.3) is 5.91 Å². The summed E-state index contributed by atoms with van der Waals surface area (Å²) in [6.45, 7) is 1.90. The molecule has 0 saturated carbocycles. The first-order valence-electron chi connectivity index (χ1n) is 5.25. The summed E-state index contributed by atoms with van der Waals surface area (Å²) in [5, 5.41) is 2.86. The summed E-state index contributed by atoms with van der Waals surface area (Å²) in [7, 11) is 0. The Hall–Kier alpha value is -1.20. The van der Waals surface area contributed by atoms with Gasteiger partial charge in [0.1, 0.15) is 0 Å². The van der Waals surface area contributed by atoms with Crippen LogP contribution >= 0.6 is 31.9 Å². The van der Waals surface area contributed by atoms with Gasteiger partial charge in [-0.3, -0.25) is 9.78 Å². The molecule has 5 heteroatoms. The van der Waals surface area contributed by atoms with E-state index in [4.69, 9.17) is 0 Å². The van der Waals surface area contributed by atoms with Crippen molar-refractivity contribution >= 4 is 43.5 Å². The molecule has 0 aliphatic rings. The highest BCUT2D eigenvalue weighted by Crippen LogP contribution is 2.23. The van der Waals surface area contributed by atoms with Crippen molar-refractivity contribution in [1.82, 2.24) is 4.98 Å². The van der Waals surface area contributed by atoms with Crippen LogP contribution in [0.3, 0.4) is 0 Å². The van der Waals surface area contributed by atoms with Crippen LogP contribution in [0, 0.1) is 6.92 Å². The van der Waals surface area contributed by atoms with Gasteiger partial charge in [-0.25, -0.2) is 0 Å². The van der Waals surface area contributed by atoms with Crippen LogP contribution in [0.2, 0.25) is 0 Å². The van der Waals surface area contributed by atoms with Gasteiger partial charge in [-0.1, -0.05) is 15.9 Å². The van der Waals surface area contributed by atoms with Crippen molar-refractivity contribution in [3.8, 4) is 0 Å². The number of carbonyl (C=O) groups excluding carboxylic acids is 1. The minimum Gasteiger partial charge on any atom is -0.322 e. The molecule has 3 nitrogen and oxygen atoms in total. The molecule has 2 rings (SSSR count). The molecule has 1 N–H and O–H groups in total. The number of amides is 1. The van der Waals surface area contributed by atoms with Crippen molar-refractivity contribution in [2.24, 2.45) is 0 Å². The van der Waals surface area contributed by atoms with Gasteiger partial charge in [-0.05, 0) is 52.7 Å². The SMILES string of the molecule is Cc1cnccc1NC(=O)c1cc(Br)ccc1Br. The summed E-state index contributed by atoms with van der Waals surface area (Å²) in [5.41, 5.74) is 2.28. The molecule has 1 heterocycles. The number of nitrogens with zero attached hydrogens (tertiary/aromatic N) is 1. The Morgan fingerprint density at radius 1 is 1.28 bits per heavy atom. The second-order valence-electron chi connectivity index (χ2n) is 3.77. The van der Waals surface area contributed by atoms with Gasteiger partial charge in [-0.2, -0.15) is 0 Å². The van der Waals surface area contributed by atoms with Crippen molar-refractivity contribution < 1.29 is 4.79 Å². The number of benzene rings is 1. The lowest BCUT2D eigenvalue weighted by atomic mass is 10.2. The van der Waals surface area contributed by atoms with E-state index in [1.165, 1.54) is 0 Å². The molecule has 1 aromatic carbocycles. The fraction of sp³-hybridized carbons (Fsp3) is 0.0769. The maximum atomic E-state index is 12.2. The Morgan fingerprint density at radius 2 is 2.06 bits per heavy atom. The fourth-order valence-electron chi connectivity index (χ4n) is 1.47.